The Kier molecular flexibility index (Phi) is 2.40. The zero-order valence-corrected chi connectivity index (χ0v) is 10.2. The van der Waals surface area contributed by atoms with Crippen molar-refractivity contribution in [3.05, 3.63) is 23.4 Å². The molecule has 0 spiro atoms. The molecule has 18 heavy (non-hydrogen) atoms. The van der Waals surface area contributed by atoms with E-state index in [0.29, 0.717) is 23.8 Å². The first-order chi connectivity index (χ1) is 8.70. The number of aromatic amines is 1. The zero-order valence-electron chi connectivity index (χ0n) is 10.2. The van der Waals surface area contributed by atoms with Gasteiger partial charge < -0.3 is 19.2 Å². The largest absolute Gasteiger partial charge is 0.461 e. The first-order valence-electron chi connectivity index (χ1n) is 5.79. The summed E-state index contributed by atoms with van der Waals surface area (Å²) in [6.07, 6.45) is 0. The summed E-state index contributed by atoms with van der Waals surface area (Å²) in [7, 11) is 0. The molecule has 3 rings (SSSR count). The summed E-state index contributed by atoms with van der Waals surface area (Å²) in [6.45, 7) is 4.27. The highest BCUT2D eigenvalue weighted by Crippen LogP contribution is 2.37. The molecule has 0 amide bonds. The molecular formula is C13H13NO4. The fourth-order valence-corrected chi connectivity index (χ4v) is 2.13. The highest BCUT2D eigenvalue weighted by atomic mass is 16.7. The maximum absolute atomic E-state index is 11.8. The minimum absolute atomic E-state index is 0.242. The Labute approximate surface area is 104 Å². The van der Waals surface area contributed by atoms with Gasteiger partial charge in [-0.2, -0.15) is 0 Å². The molecule has 5 nitrogen and oxygen atoms in total. The van der Waals surface area contributed by atoms with Crippen molar-refractivity contribution < 1.29 is 19.0 Å². The van der Waals surface area contributed by atoms with Crippen LogP contribution in [0.15, 0.2) is 12.1 Å². The van der Waals surface area contributed by atoms with E-state index in [-0.39, 0.29) is 12.8 Å². The molecule has 1 aromatic carbocycles. The number of aromatic nitrogens is 1. The summed E-state index contributed by atoms with van der Waals surface area (Å²) in [4.78, 5) is 14.8. The SMILES string of the molecule is CCOC(=O)c1[nH]c2cc3c(cc2c1C)OCO3. The van der Waals surface area contributed by atoms with Crippen LogP contribution >= 0.6 is 0 Å². The van der Waals surface area contributed by atoms with Crippen LogP contribution in [0.1, 0.15) is 23.0 Å². The number of hydrogen-bond acceptors (Lipinski definition) is 4. The van der Waals surface area contributed by atoms with E-state index in [0.717, 1.165) is 16.5 Å². The lowest BCUT2D eigenvalue weighted by atomic mass is 10.1. The average molecular weight is 247 g/mol. The van der Waals surface area contributed by atoms with Crippen LogP contribution in [0, 0.1) is 6.92 Å². The summed E-state index contributed by atoms with van der Waals surface area (Å²) in [6, 6.07) is 3.72. The average Bonchev–Trinajstić information content (AvgIpc) is 2.92. The van der Waals surface area contributed by atoms with Gasteiger partial charge in [-0.05, 0) is 25.5 Å². The minimum atomic E-state index is -0.340. The Morgan fingerprint density at radius 2 is 2.11 bits per heavy atom. The summed E-state index contributed by atoms with van der Waals surface area (Å²) >= 11 is 0. The predicted octanol–water partition coefficient (Wildman–Crippen LogP) is 2.38. The van der Waals surface area contributed by atoms with Crippen molar-refractivity contribution in [3.8, 4) is 11.5 Å². The fourth-order valence-electron chi connectivity index (χ4n) is 2.13. The van der Waals surface area contributed by atoms with E-state index in [1.807, 2.05) is 19.1 Å². The van der Waals surface area contributed by atoms with Crippen molar-refractivity contribution in [3.63, 3.8) is 0 Å². The van der Waals surface area contributed by atoms with Gasteiger partial charge in [-0.15, -0.1) is 0 Å². The van der Waals surface area contributed by atoms with Gasteiger partial charge in [-0.25, -0.2) is 4.79 Å². The number of ether oxygens (including phenoxy) is 3. The third kappa shape index (κ3) is 1.51. The number of carbonyl (C=O) groups excluding carboxylic acids is 1. The van der Waals surface area contributed by atoms with E-state index in [1.54, 1.807) is 6.92 Å². The molecule has 0 saturated heterocycles. The summed E-state index contributed by atoms with van der Waals surface area (Å²) in [5, 5.41) is 0.947. The molecule has 0 fully saturated rings. The van der Waals surface area contributed by atoms with Crippen molar-refractivity contribution in [2.24, 2.45) is 0 Å². The van der Waals surface area contributed by atoms with Crippen molar-refractivity contribution in [1.29, 1.82) is 0 Å². The fraction of sp³-hybridized carbons (Fsp3) is 0.308. The topological polar surface area (TPSA) is 60.6 Å². The second-order valence-corrected chi connectivity index (χ2v) is 4.10. The number of esters is 1. The molecule has 2 aromatic rings. The third-order valence-corrected chi connectivity index (χ3v) is 3.03. The van der Waals surface area contributed by atoms with E-state index < -0.39 is 0 Å². The zero-order chi connectivity index (χ0) is 12.7. The first-order valence-corrected chi connectivity index (χ1v) is 5.79. The van der Waals surface area contributed by atoms with Gasteiger partial charge in [0.2, 0.25) is 6.79 Å². The number of H-pyrrole nitrogens is 1. The Balaban J connectivity index is 2.14. The first kappa shape index (κ1) is 11.0. The van der Waals surface area contributed by atoms with Crippen molar-refractivity contribution in [1.82, 2.24) is 4.98 Å². The maximum atomic E-state index is 11.8. The molecule has 5 heteroatoms. The number of carbonyl (C=O) groups is 1. The lowest BCUT2D eigenvalue weighted by molar-refractivity contribution is 0.0519. The highest BCUT2D eigenvalue weighted by Gasteiger charge is 2.20. The molecule has 94 valence electrons. The molecule has 2 heterocycles. The monoisotopic (exact) mass is 247 g/mol. The summed E-state index contributed by atoms with van der Waals surface area (Å²) < 4.78 is 15.6. The lowest BCUT2D eigenvalue weighted by Gasteiger charge is -1.99. The molecule has 1 aliphatic heterocycles. The highest BCUT2D eigenvalue weighted by molar-refractivity contribution is 5.99. The van der Waals surface area contributed by atoms with Crippen LogP contribution < -0.4 is 9.47 Å². The number of nitrogens with one attached hydrogen (secondary N) is 1. The quantitative estimate of drug-likeness (QED) is 0.828. The third-order valence-electron chi connectivity index (χ3n) is 3.03. The normalized spacial score (nSPS) is 13.0. The van der Waals surface area contributed by atoms with E-state index in [2.05, 4.69) is 4.98 Å². The molecule has 0 saturated carbocycles. The second-order valence-electron chi connectivity index (χ2n) is 4.10. The lowest BCUT2D eigenvalue weighted by Crippen LogP contribution is -2.06. The molecule has 0 bridgehead atoms. The number of aryl methyl sites for hydroxylation is 1. The van der Waals surface area contributed by atoms with Crippen LogP contribution in [-0.4, -0.2) is 24.4 Å². The Morgan fingerprint density at radius 1 is 1.39 bits per heavy atom. The predicted molar refractivity (Wildman–Crippen MR) is 65.1 cm³/mol. The minimum Gasteiger partial charge on any atom is -0.461 e. The Morgan fingerprint density at radius 3 is 2.83 bits per heavy atom. The molecule has 0 unspecified atom stereocenters. The van der Waals surface area contributed by atoms with Gasteiger partial charge in [0, 0.05) is 11.5 Å². The van der Waals surface area contributed by atoms with E-state index in [9.17, 15) is 4.79 Å². The van der Waals surface area contributed by atoms with E-state index in [4.69, 9.17) is 14.2 Å². The van der Waals surface area contributed by atoms with Crippen molar-refractivity contribution >= 4 is 16.9 Å². The van der Waals surface area contributed by atoms with Gasteiger partial charge >= 0.3 is 5.97 Å². The van der Waals surface area contributed by atoms with Crippen molar-refractivity contribution in [2.45, 2.75) is 13.8 Å². The Hall–Kier alpha value is -2.17. The van der Waals surface area contributed by atoms with Crippen LogP contribution in [0.4, 0.5) is 0 Å². The summed E-state index contributed by atoms with van der Waals surface area (Å²) in [5.74, 6) is 1.06. The van der Waals surface area contributed by atoms with Crippen LogP contribution in [0.3, 0.4) is 0 Å². The van der Waals surface area contributed by atoms with E-state index >= 15 is 0 Å². The van der Waals surface area contributed by atoms with Gasteiger partial charge in [0.15, 0.2) is 11.5 Å². The molecule has 0 radical (unpaired) electrons. The number of fused-ring (bicyclic) bond motifs is 2. The molecule has 0 aliphatic carbocycles. The van der Waals surface area contributed by atoms with Gasteiger partial charge in [-0.1, -0.05) is 0 Å². The number of rotatable bonds is 2. The molecule has 1 aromatic heterocycles. The van der Waals surface area contributed by atoms with Crippen molar-refractivity contribution in [2.75, 3.05) is 13.4 Å². The smallest absolute Gasteiger partial charge is 0.355 e. The standard InChI is InChI=1S/C13H13NO4/c1-3-16-13(15)12-7(2)8-4-10-11(18-6-17-10)5-9(8)14-12/h4-5,14H,3,6H2,1-2H3. The van der Waals surface area contributed by atoms with Crippen LogP contribution in [0.5, 0.6) is 11.5 Å². The van der Waals surface area contributed by atoms with Crippen LogP contribution in [0.2, 0.25) is 0 Å². The van der Waals surface area contributed by atoms with Crippen LogP contribution in [-0.2, 0) is 4.74 Å². The maximum Gasteiger partial charge on any atom is 0.355 e. The second kappa shape index (κ2) is 3.94. The molecule has 0 atom stereocenters. The molecule has 1 aliphatic rings. The van der Waals surface area contributed by atoms with E-state index in [1.165, 1.54) is 0 Å². The molecular weight excluding hydrogens is 234 g/mol. The molecule has 1 N–H and O–H groups in total. The van der Waals surface area contributed by atoms with Gasteiger partial charge in [-0.3, -0.25) is 0 Å². The summed E-state index contributed by atoms with van der Waals surface area (Å²) in [5.41, 5.74) is 2.19. The number of hydrogen-bond donors (Lipinski definition) is 1. The van der Waals surface area contributed by atoms with Gasteiger partial charge in [0.05, 0.1) is 12.1 Å². The van der Waals surface area contributed by atoms with Crippen LogP contribution in [0.25, 0.3) is 10.9 Å². The van der Waals surface area contributed by atoms with Gasteiger partial charge in [0.25, 0.3) is 0 Å². The van der Waals surface area contributed by atoms with Gasteiger partial charge in [0.1, 0.15) is 5.69 Å². The number of benzene rings is 1. The Bertz CT molecular complexity index is 629.